The number of anilines is 1. The van der Waals surface area contributed by atoms with Crippen molar-refractivity contribution in [2.45, 2.75) is 13.5 Å². The van der Waals surface area contributed by atoms with Gasteiger partial charge in [-0.2, -0.15) is 0 Å². The summed E-state index contributed by atoms with van der Waals surface area (Å²) < 4.78 is 5.27. The van der Waals surface area contributed by atoms with Crippen LogP contribution in [0.1, 0.15) is 21.6 Å². The Labute approximate surface area is 130 Å². The van der Waals surface area contributed by atoms with Gasteiger partial charge in [-0.05, 0) is 13.0 Å². The molecule has 2 rings (SSSR count). The largest absolute Gasteiger partial charge is 0.496 e. The summed E-state index contributed by atoms with van der Waals surface area (Å²) in [5, 5.41) is 2.87. The van der Waals surface area contributed by atoms with Crippen LogP contribution in [0.25, 0.3) is 0 Å². The summed E-state index contributed by atoms with van der Waals surface area (Å²) in [6.45, 7) is 2.18. The second-order valence-corrected chi connectivity index (χ2v) is 5.06. The first-order valence-corrected chi connectivity index (χ1v) is 6.94. The van der Waals surface area contributed by atoms with E-state index < -0.39 is 0 Å². The molecule has 0 atom stereocenters. The molecule has 0 radical (unpaired) electrons. The first kappa shape index (κ1) is 15.8. The fraction of sp³-hybridized carbons (Fsp3) is 0.312. The Balaban J connectivity index is 2.09. The van der Waals surface area contributed by atoms with Gasteiger partial charge < -0.3 is 15.0 Å². The molecule has 1 heterocycles. The topological polar surface area (TPSA) is 67.3 Å². The van der Waals surface area contributed by atoms with Crippen molar-refractivity contribution in [2.24, 2.45) is 0 Å². The van der Waals surface area contributed by atoms with Crippen molar-refractivity contribution >= 4 is 11.9 Å². The number of carbonyl (C=O) groups is 1. The van der Waals surface area contributed by atoms with Crippen LogP contribution in [0.2, 0.25) is 0 Å². The number of rotatable bonds is 5. The normalized spacial score (nSPS) is 10.2. The van der Waals surface area contributed by atoms with Crippen molar-refractivity contribution < 1.29 is 9.53 Å². The fourth-order valence-electron chi connectivity index (χ4n) is 2.01. The third-order valence-electron chi connectivity index (χ3n) is 3.24. The number of hydrogen-bond donors (Lipinski definition) is 1. The molecule has 0 aliphatic rings. The number of amides is 1. The minimum absolute atomic E-state index is 0.200. The summed E-state index contributed by atoms with van der Waals surface area (Å²) >= 11 is 0. The van der Waals surface area contributed by atoms with E-state index >= 15 is 0 Å². The standard InChI is InChI=1S/C16H20N4O2/c1-11-13(10-18-16(19-11)20(2)3)15(21)17-9-12-7-5-6-8-14(12)22-4/h5-8,10H,9H2,1-4H3,(H,17,21). The van der Waals surface area contributed by atoms with E-state index in [-0.39, 0.29) is 5.91 Å². The van der Waals surface area contributed by atoms with Gasteiger partial charge >= 0.3 is 0 Å². The number of hydrogen-bond acceptors (Lipinski definition) is 5. The fourth-order valence-corrected chi connectivity index (χ4v) is 2.01. The van der Waals surface area contributed by atoms with Gasteiger partial charge in [-0.25, -0.2) is 9.97 Å². The molecule has 0 spiro atoms. The molecule has 1 N–H and O–H groups in total. The summed E-state index contributed by atoms with van der Waals surface area (Å²) in [7, 11) is 5.32. The van der Waals surface area contributed by atoms with Gasteiger partial charge in [-0.1, -0.05) is 18.2 Å². The van der Waals surface area contributed by atoms with Gasteiger partial charge in [0, 0.05) is 32.4 Å². The predicted octanol–water partition coefficient (Wildman–Crippen LogP) is 1.79. The van der Waals surface area contributed by atoms with Gasteiger partial charge in [0.15, 0.2) is 0 Å². The molecule has 0 unspecified atom stereocenters. The first-order valence-electron chi connectivity index (χ1n) is 6.94. The number of aryl methyl sites for hydroxylation is 1. The monoisotopic (exact) mass is 300 g/mol. The smallest absolute Gasteiger partial charge is 0.254 e. The highest BCUT2D eigenvalue weighted by atomic mass is 16.5. The van der Waals surface area contributed by atoms with Crippen LogP contribution in [0, 0.1) is 6.92 Å². The zero-order chi connectivity index (χ0) is 16.1. The summed E-state index contributed by atoms with van der Waals surface area (Å²) in [6.07, 6.45) is 1.55. The molecule has 0 aliphatic carbocycles. The van der Waals surface area contributed by atoms with E-state index in [9.17, 15) is 4.79 Å². The quantitative estimate of drug-likeness (QED) is 0.912. The maximum atomic E-state index is 12.3. The van der Waals surface area contributed by atoms with Gasteiger partial charge in [0.05, 0.1) is 18.4 Å². The van der Waals surface area contributed by atoms with Crippen LogP contribution >= 0.6 is 0 Å². The molecule has 6 heteroatoms. The minimum atomic E-state index is -0.200. The number of carbonyl (C=O) groups excluding carboxylic acids is 1. The highest BCUT2D eigenvalue weighted by Gasteiger charge is 2.13. The van der Waals surface area contributed by atoms with Gasteiger partial charge in [0.2, 0.25) is 5.95 Å². The number of aromatic nitrogens is 2. The van der Waals surface area contributed by atoms with Crippen LogP contribution < -0.4 is 15.0 Å². The number of methoxy groups -OCH3 is 1. The molecule has 22 heavy (non-hydrogen) atoms. The Hall–Kier alpha value is -2.63. The maximum Gasteiger partial charge on any atom is 0.254 e. The number of para-hydroxylation sites is 1. The predicted molar refractivity (Wildman–Crippen MR) is 85.3 cm³/mol. The average Bonchev–Trinajstić information content (AvgIpc) is 2.52. The van der Waals surface area contributed by atoms with E-state index in [4.69, 9.17) is 4.74 Å². The Morgan fingerprint density at radius 1 is 1.32 bits per heavy atom. The lowest BCUT2D eigenvalue weighted by atomic mass is 10.2. The van der Waals surface area contributed by atoms with E-state index in [1.807, 2.05) is 38.4 Å². The second kappa shape index (κ2) is 6.89. The Bertz CT molecular complexity index is 671. The van der Waals surface area contributed by atoms with Crippen LogP contribution in [0.5, 0.6) is 5.75 Å². The van der Waals surface area contributed by atoms with E-state index in [2.05, 4.69) is 15.3 Å². The molecule has 2 aromatic rings. The Morgan fingerprint density at radius 3 is 2.68 bits per heavy atom. The highest BCUT2D eigenvalue weighted by Crippen LogP contribution is 2.17. The molecule has 1 aromatic heterocycles. The number of nitrogens with zero attached hydrogens (tertiary/aromatic N) is 3. The average molecular weight is 300 g/mol. The van der Waals surface area contributed by atoms with Crippen LogP contribution in [0.15, 0.2) is 30.5 Å². The van der Waals surface area contributed by atoms with Crippen molar-refractivity contribution in [3.63, 3.8) is 0 Å². The van der Waals surface area contributed by atoms with Crippen LogP contribution in [0.4, 0.5) is 5.95 Å². The number of benzene rings is 1. The molecular weight excluding hydrogens is 280 g/mol. The number of nitrogens with one attached hydrogen (secondary N) is 1. The first-order chi connectivity index (χ1) is 10.5. The van der Waals surface area contributed by atoms with Crippen molar-refractivity contribution in [3.8, 4) is 5.75 Å². The lowest BCUT2D eigenvalue weighted by Crippen LogP contribution is -2.25. The molecule has 116 valence electrons. The van der Waals surface area contributed by atoms with Gasteiger partial charge in [0.1, 0.15) is 5.75 Å². The van der Waals surface area contributed by atoms with Gasteiger partial charge in [0.25, 0.3) is 5.91 Å². The molecule has 0 bridgehead atoms. The summed E-state index contributed by atoms with van der Waals surface area (Å²) in [5.41, 5.74) is 2.04. The second-order valence-electron chi connectivity index (χ2n) is 5.06. The Morgan fingerprint density at radius 2 is 2.05 bits per heavy atom. The SMILES string of the molecule is COc1ccccc1CNC(=O)c1cnc(N(C)C)nc1C. The van der Waals surface area contributed by atoms with Crippen molar-refractivity contribution in [2.75, 3.05) is 26.1 Å². The molecule has 0 saturated heterocycles. The molecule has 0 aliphatic heterocycles. The van der Waals surface area contributed by atoms with Gasteiger partial charge in [-0.3, -0.25) is 4.79 Å². The summed E-state index contributed by atoms with van der Waals surface area (Å²) in [4.78, 5) is 22.6. The van der Waals surface area contributed by atoms with E-state index in [1.54, 1.807) is 25.1 Å². The molecule has 1 amide bonds. The van der Waals surface area contributed by atoms with E-state index in [1.165, 1.54) is 0 Å². The zero-order valence-corrected chi connectivity index (χ0v) is 13.3. The highest BCUT2D eigenvalue weighted by molar-refractivity contribution is 5.95. The van der Waals surface area contributed by atoms with E-state index in [0.29, 0.717) is 23.8 Å². The van der Waals surface area contributed by atoms with Crippen molar-refractivity contribution in [3.05, 3.63) is 47.3 Å². The minimum Gasteiger partial charge on any atom is -0.496 e. The van der Waals surface area contributed by atoms with Gasteiger partial charge in [-0.15, -0.1) is 0 Å². The summed E-state index contributed by atoms with van der Waals surface area (Å²) in [5.74, 6) is 1.13. The maximum absolute atomic E-state index is 12.3. The van der Waals surface area contributed by atoms with Crippen molar-refractivity contribution in [1.29, 1.82) is 0 Å². The van der Waals surface area contributed by atoms with Crippen LogP contribution in [-0.2, 0) is 6.54 Å². The molecular formula is C16H20N4O2. The Kier molecular flexibility index (Phi) is 4.93. The third kappa shape index (κ3) is 3.52. The summed E-state index contributed by atoms with van der Waals surface area (Å²) in [6, 6.07) is 7.58. The third-order valence-corrected chi connectivity index (χ3v) is 3.24. The molecule has 0 fully saturated rings. The van der Waals surface area contributed by atoms with Crippen LogP contribution in [0.3, 0.4) is 0 Å². The molecule has 1 aromatic carbocycles. The molecule has 0 saturated carbocycles. The van der Waals surface area contributed by atoms with E-state index in [0.717, 1.165) is 11.3 Å². The van der Waals surface area contributed by atoms with Crippen molar-refractivity contribution in [1.82, 2.24) is 15.3 Å². The lowest BCUT2D eigenvalue weighted by molar-refractivity contribution is 0.0949. The van der Waals surface area contributed by atoms with Crippen LogP contribution in [-0.4, -0.2) is 37.1 Å². The number of ether oxygens (including phenoxy) is 1. The lowest BCUT2D eigenvalue weighted by Gasteiger charge is -2.13. The molecule has 6 nitrogen and oxygen atoms in total. The zero-order valence-electron chi connectivity index (χ0n) is 13.3.